The van der Waals surface area contributed by atoms with Crippen LogP contribution in [0.1, 0.15) is 0 Å². The van der Waals surface area contributed by atoms with E-state index in [2.05, 4.69) is 103 Å². The minimum atomic E-state index is 1.06. The highest BCUT2D eigenvalue weighted by molar-refractivity contribution is 7.25. The zero-order valence-electron chi connectivity index (χ0n) is 17.8. The fourth-order valence-electron chi connectivity index (χ4n) is 4.93. The lowest BCUT2D eigenvalue weighted by atomic mass is 9.93. The van der Waals surface area contributed by atoms with Crippen molar-refractivity contribution in [3.05, 3.63) is 115 Å². The van der Waals surface area contributed by atoms with E-state index in [4.69, 9.17) is 4.98 Å². The zero-order chi connectivity index (χ0) is 21.8. The SMILES string of the molecule is c1cc(-c2ccc3c(c2)sc2ccccc23)cc(-c2cccc3ccc4cccnc4c23)c1. The predicted molar refractivity (Wildman–Crippen MR) is 143 cm³/mol. The molecule has 7 aromatic rings. The van der Waals surface area contributed by atoms with Crippen molar-refractivity contribution in [1.29, 1.82) is 0 Å². The molecule has 0 fully saturated rings. The Balaban J connectivity index is 1.42. The molecule has 0 bridgehead atoms. The highest BCUT2D eigenvalue weighted by Gasteiger charge is 2.11. The number of fused-ring (bicyclic) bond motifs is 6. The Morgan fingerprint density at radius 1 is 0.515 bits per heavy atom. The molecule has 0 aliphatic rings. The van der Waals surface area contributed by atoms with Gasteiger partial charge in [-0.3, -0.25) is 4.98 Å². The third-order valence-corrected chi connectivity index (χ3v) is 7.63. The lowest BCUT2D eigenvalue weighted by Gasteiger charge is -2.11. The maximum absolute atomic E-state index is 4.73. The molecule has 0 N–H and O–H groups in total. The summed E-state index contributed by atoms with van der Waals surface area (Å²) in [4.78, 5) is 4.73. The molecule has 0 atom stereocenters. The number of hydrogen-bond acceptors (Lipinski definition) is 2. The standard InChI is InChI=1S/C31H19NS/c1-2-12-28-26(10-1)27-16-15-23(19-29(27)33-28)22-7-3-8-24(18-22)25-11-4-6-20-13-14-21-9-5-17-32-31(21)30(20)25/h1-19H. The summed E-state index contributed by atoms with van der Waals surface area (Å²) >= 11 is 1.87. The molecule has 154 valence electrons. The summed E-state index contributed by atoms with van der Waals surface area (Å²) < 4.78 is 2.67. The maximum atomic E-state index is 4.73. The van der Waals surface area contributed by atoms with Crippen LogP contribution < -0.4 is 0 Å². The summed E-state index contributed by atoms with van der Waals surface area (Å²) in [6, 6.07) is 39.4. The first-order chi connectivity index (χ1) is 16.3. The summed E-state index contributed by atoms with van der Waals surface area (Å²) in [6.07, 6.45) is 1.88. The number of rotatable bonds is 2. The molecule has 7 rings (SSSR count). The number of aromatic nitrogens is 1. The first-order valence-corrected chi connectivity index (χ1v) is 12.0. The third-order valence-electron chi connectivity index (χ3n) is 6.50. The van der Waals surface area contributed by atoms with E-state index in [1.807, 2.05) is 23.6 Å². The van der Waals surface area contributed by atoms with Crippen molar-refractivity contribution in [3.63, 3.8) is 0 Å². The van der Waals surface area contributed by atoms with E-state index in [0.717, 1.165) is 5.52 Å². The first-order valence-electron chi connectivity index (χ1n) is 11.1. The molecule has 0 aliphatic carbocycles. The van der Waals surface area contributed by atoms with Crippen LogP contribution in [0.3, 0.4) is 0 Å². The lowest BCUT2D eigenvalue weighted by Crippen LogP contribution is -1.87. The van der Waals surface area contributed by atoms with Gasteiger partial charge in [0.05, 0.1) is 5.52 Å². The van der Waals surface area contributed by atoms with Crippen molar-refractivity contribution in [2.45, 2.75) is 0 Å². The van der Waals surface area contributed by atoms with Crippen LogP contribution in [-0.4, -0.2) is 4.98 Å². The Kier molecular flexibility index (Phi) is 4.08. The van der Waals surface area contributed by atoms with Gasteiger partial charge in [-0.1, -0.05) is 84.9 Å². The van der Waals surface area contributed by atoms with Crippen LogP contribution in [-0.2, 0) is 0 Å². The van der Waals surface area contributed by atoms with Crippen LogP contribution in [0.25, 0.3) is 64.1 Å². The summed E-state index contributed by atoms with van der Waals surface area (Å²) in [6.45, 7) is 0. The summed E-state index contributed by atoms with van der Waals surface area (Å²) in [7, 11) is 0. The van der Waals surface area contributed by atoms with Gasteiger partial charge in [0, 0.05) is 37.1 Å². The zero-order valence-corrected chi connectivity index (χ0v) is 18.6. The van der Waals surface area contributed by atoms with Crippen molar-refractivity contribution in [1.82, 2.24) is 4.98 Å². The second-order valence-corrected chi connectivity index (χ2v) is 9.52. The second kappa shape index (κ2) is 7.26. The van der Waals surface area contributed by atoms with E-state index in [1.54, 1.807) is 0 Å². The Hall–Kier alpha value is -4.01. The number of benzene rings is 5. The van der Waals surface area contributed by atoms with Gasteiger partial charge in [0.25, 0.3) is 0 Å². The van der Waals surface area contributed by atoms with E-state index in [1.165, 1.54) is 58.6 Å². The Morgan fingerprint density at radius 2 is 1.30 bits per heavy atom. The molecule has 2 heterocycles. The summed E-state index contributed by atoms with van der Waals surface area (Å²) in [5, 5.41) is 6.28. The fraction of sp³-hybridized carbons (Fsp3) is 0. The largest absolute Gasteiger partial charge is 0.256 e. The molecule has 0 unspecified atom stereocenters. The van der Waals surface area contributed by atoms with Gasteiger partial charge >= 0.3 is 0 Å². The Bertz CT molecular complexity index is 1830. The van der Waals surface area contributed by atoms with Crippen molar-refractivity contribution in [2.24, 2.45) is 0 Å². The van der Waals surface area contributed by atoms with Gasteiger partial charge in [-0.2, -0.15) is 0 Å². The topological polar surface area (TPSA) is 12.9 Å². The quantitative estimate of drug-likeness (QED) is 0.246. The first kappa shape index (κ1) is 18.6. The number of pyridine rings is 1. The average Bonchev–Trinajstić information content (AvgIpc) is 3.26. The second-order valence-electron chi connectivity index (χ2n) is 8.43. The summed E-state index contributed by atoms with van der Waals surface area (Å²) in [5.74, 6) is 0. The maximum Gasteiger partial charge on any atom is 0.0786 e. The number of hydrogen-bond donors (Lipinski definition) is 0. The lowest BCUT2D eigenvalue weighted by molar-refractivity contribution is 1.43. The monoisotopic (exact) mass is 437 g/mol. The van der Waals surface area contributed by atoms with Crippen molar-refractivity contribution in [3.8, 4) is 22.3 Å². The molecule has 2 aromatic heterocycles. The molecule has 0 amide bonds. The van der Waals surface area contributed by atoms with E-state index < -0.39 is 0 Å². The molecule has 0 saturated carbocycles. The Morgan fingerprint density at radius 3 is 2.30 bits per heavy atom. The van der Waals surface area contributed by atoms with E-state index in [9.17, 15) is 0 Å². The van der Waals surface area contributed by atoms with E-state index in [-0.39, 0.29) is 0 Å². The molecule has 0 saturated heterocycles. The van der Waals surface area contributed by atoms with Gasteiger partial charge in [0.2, 0.25) is 0 Å². The van der Waals surface area contributed by atoms with Crippen LogP contribution in [0.15, 0.2) is 115 Å². The molecule has 33 heavy (non-hydrogen) atoms. The molecule has 0 spiro atoms. The average molecular weight is 438 g/mol. The molecule has 2 heteroatoms. The molecule has 1 nitrogen and oxygen atoms in total. The van der Waals surface area contributed by atoms with E-state index >= 15 is 0 Å². The minimum Gasteiger partial charge on any atom is -0.256 e. The molecular formula is C31H19NS. The van der Waals surface area contributed by atoms with Gasteiger partial charge in [-0.15, -0.1) is 11.3 Å². The van der Waals surface area contributed by atoms with Crippen LogP contribution in [0, 0.1) is 0 Å². The van der Waals surface area contributed by atoms with Gasteiger partial charge < -0.3 is 0 Å². The molecular weight excluding hydrogens is 418 g/mol. The minimum absolute atomic E-state index is 1.06. The van der Waals surface area contributed by atoms with Gasteiger partial charge in [-0.05, 0) is 51.9 Å². The van der Waals surface area contributed by atoms with Gasteiger partial charge in [-0.25, -0.2) is 0 Å². The smallest absolute Gasteiger partial charge is 0.0786 e. The highest BCUT2D eigenvalue weighted by atomic mass is 32.1. The van der Waals surface area contributed by atoms with Crippen LogP contribution >= 0.6 is 11.3 Å². The van der Waals surface area contributed by atoms with Crippen molar-refractivity contribution in [2.75, 3.05) is 0 Å². The van der Waals surface area contributed by atoms with Gasteiger partial charge in [0.1, 0.15) is 0 Å². The van der Waals surface area contributed by atoms with Crippen molar-refractivity contribution >= 4 is 53.2 Å². The predicted octanol–water partition coefficient (Wildman–Crippen LogP) is 9.09. The van der Waals surface area contributed by atoms with E-state index in [0.29, 0.717) is 0 Å². The third kappa shape index (κ3) is 2.95. The fourth-order valence-corrected chi connectivity index (χ4v) is 6.07. The number of thiophene rings is 1. The summed E-state index contributed by atoms with van der Waals surface area (Å²) in [5.41, 5.74) is 5.98. The van der Waals surface area contributed by atoms with Crippen LogP contribution in [0.5, 0.6) is 0 Å². The Labute approximate surface area is 195 Å². The van der Waals surface area contributed by atoms with Crippen LogP contribution in [0.2, 0.25) is 0 Å². The highest BCUT2D eigenvalue weighted by Crippen LogP contribution is 2.38. The molecule has 0 aliphatic heterocycles. The molecule has 5 aromatic carbocycles. The normalized spacial score (nSPS) is 11.6. The molecule has 0 radical (unpaired) electrons. The van der Waals surface area contributed by atoms with Crippen molar-refractivity contribution < 1.29 is 0 Å². The van der Waals surface area contributed by atoms with Crippen LogP contribution in [0.4, 0.5) is 0 Å². The van der Waals surface area contributed by atoms with Gasteiger partial charge in [0.15, 0.2) is 0 Å². The number of nitrogens with zero attached hydrogens (tertiary/aromatic N) is 1.